The van der Waals surface area contributed by atoms with Crippen LogP contribution >= 0.6 is 11.6 Å². The van der Waals surface area contributed by atoms with Crippen molar-refractivity contribution < 1.29 is 23.1 Å². The first-order chi connectivity index (χ1) is 16.9. The van der Waals surface area contributed by atoms with Gasteiger partial charge in [-0.1, -0.05) is 35.9 Å². The number of pyridine rings is 1. The zero-order valence-corrected chi connectivity index (χ0v) is 20.9. The number of aromatic nitrogens is 4. The molecule has 1 saturated carbocycles. The van der Waals surface area contributed by atoms with Crippen LogP contribution in [0.2, 0.25) is 0 Å². The highest BCUT2D eigenvalue weighted by Crippen LogP contribution is 2.52. The van der Waals surface area contributed by atoms with E-state index < -0.39 is 42.3 Å². The van der Waals surface area contributed by atoms with E-state index >= 15 is 0 Å². The Hall–Kier alpha value is -3.67. The van der Waals surface area contributed by atoms with Gasteiger partial charge in [0, 0.05) is 25.5 Å². The molecule has 2 N–H and O–H groups in total. The molecule has 2 amide bonds. The molecule has 1 aliphatic rings. The van der Waals surface area contributed by atoms with Gasteiger partial charge in [0.25, 0.3) is 0 Å². The van der Waals surface area contributed by atoms with Crippen LogP contribution in [0.15, 0.2) is 46.2 Å². The summed E-state index contributed by atoms with van der Waals surface area (Å²) in [6, 6.07) is 3.11. The number of aryl methyl sites for hydroxylation is 1. The highest BCUT2D eigenvalue weighted by atomic mass is 35.5. The molecule has 0 bridgehead atoms. The summed E-state index contributed by atoms with van der Waals surface area (Å²) in [5.41, 5.74) is 0.268. The molecule has 0 unspecified atom stereocenters. The predicted octanol–water partition coefficient (Wildman–Crippen LogP) is 4.92. The van der Waals surface area contributed by atoms with Crippen molar-refractivity contribution in [3.8, 4) is 11.4 Å². The van der Waals surface area contributed by atoms with E-state index in [1.165, 1.54) is 17.8 Å². The molecule has 1 aliphatic carbocycles. The van der Waals surface area contributed by atoms with Gasteiger partial charge in [-0.2, -0.15) is 0 Å². The normalized spacial score (nSPS) is 17.5. The number of aliphatic imine (C=N–C) groups is 1. The van der Waals surface area contributed by atoms with Crippen LogP contribution in [0, 0.1) is 5.41 Å². The maximum atomic E-state index is 13.2. The zero-order valence-electron chi connectivity index (χ0n) is 20.2. The van der Waals surface area contributed by atoms with Crippen LogP contribution in [0.5, 0.6) is 0 Å². The number of ether oxygens (including phenoxy) is 1. The number of halogens is 3. The van der Waals surface area contributed by atoms with E-state index in [0.29, 0.717) is 17.0 Å². The predicted molar refractivity (Wildman–Crippen MR) is 132 cm³/mol. The Morgan fingerprint density at radius 2 is 2.03 bits per heavy atom. The molecule has 2 aromatic heterocycles. The van der Waals surface area contributed by atoms with Gasteiger partial charge in [-0.05, 0) is 32.7 Å². The van der Waals surface area contributed by atoms with Crippen molar-refractivity contribution in [3.63, 3.8) is 0 Å². The van der Waals surface area contributed by atoms with Crippen LogP contribution in [0.3, 0.4) is 0 Å². The molecule has 1 fully saturated rings. The number of rotatable bonds is 8. The lowest BCUT2D eigenvalue weighted by molar-refractivity contribution is -0.170. The largest absolute Gasteiger partial charge is 0.441 e. The number of nitrogens with one attached hydrogen (secondary N) is 2. The fourth-order valence-corrected chi connectivity index (χ4v) is 4.02. The topological polar surface area (TPSA) is 123 Å². The van der Waals surface area contributed by atoms with Crippen molar-refractivity contribution in [2.24, 2.45) is 17.5 Å². The lowest BCUT2D eigenvalue weighted by atomic mass is 9.67. The minimum Gasteiger partial charge on any atom is -0.441 e. The third-order valence-electron chi connectivity index (χ3n) is 5.60. The van der Waals surface area contributed by atoms with Gasteiger partial charge in [-0.3, -0.25) is 20.1 Å². The van der Waals surface area contributed by atoms with E-state index in [2.05, 4.69) is 37.6 Å². The maximum absolute atomic E-state index is 13.2. The summed E-state index contributed by atoms with van der Waals surface area (Å²) in [5, 5.41) is 13.3. The van der Waals surface area contributed by atoms with E-state index in [1.807, 2.05) is 0 Å². The summed E-state index contributed by atoms with van der Waals surface area (Å²) in [4.78, 5) is 32.9. The Kier molecular flexibility index (Phi) is 7.87. The minimum absolute atomic E-state index is 0.104. The summed E-state index contributed by atoms with van der Waals surface area (Å²) in [6.45, 7) is 8.29. The van der Waals surface area contributed by atoms with Gasteiger partial charge in [0.15, 0.2) is 11.5 Å². The van der Waals surface area contributed by atoms with E-state index in [-0.39, 0.29) is 16.7 Å². The molecule has 36 heavy (non-hydrogen) atoms. The summed E-state index contributed by atoms with van der Waals surface area (Å²) in [5.74, 6) is -3.10. The molecule has 0 radical (unpaired) electrons. The quantitative estimate of drug-likeness (QED) is 0.289. The standard InChI is InChI=1S/C23H26ClF2N7O3/c1-6-7-15(18(24)27-4)13(2)36-21(35)30-19-17(31-32-33(19)5)16-9-8-14(10-28-16)29-20(34)22(3)11-23(25,26)12-22/h6-10,13H,4,11-12H2,1-3,5H3,(H,29,34)(H,30,35)/b7-6-,18-15+/t13-/m1/s1. The Bertz CT molecular complexity index is 1220. The monoisotopic (exact) mass is 521 g/mol. The van der Waals surface area contributed by atoms with Crippen molar-refractivity contribution in [1.82, 2.24) is 20.0 Å². The summed E-state index contributed by atoms with van der Waals surface area (Å²) in [6.07, 6.45) is 2.23. The smallest absolute Gasteiger partial charge is 0.413 e. The highest BCUT2D eigenvalue weighted by molar-refractivity contribution is 6.30. The molecule has 13 heteroatoms. The number of hydrogen-bond acceptors (Lipinski definition) is 7. The van der Waals surface area contributed by atoms with Gasteiger partial charge in [-0.25, -0.2) is 18.3 Å². The van der Waals surface area contributed by atoms with Crippen molar-refractivity contribution in [1.29, 1.82) is 0 Å². The summed E-state index contributed by atoms with van der Waals surface area (Å²) < 4.78 is 33.2. The second-order valence-electron chi connectivity index (χ2n) is 8.64. The molecule has 10 nitrogen and oxygen atoms in total. The molecule has 2 heterocycles. The number of anilines is 2. The van der Waals surface area contributed by atoms with Gasteiger partial charge >= 0.3 is 6.09 Å². The number of hydrogen-bond donors (Lipinski definition) is 2. The molecule has 2 aromatic rings. The van der Waals surface area contributed by atoms with E-state index in [4.69, 9.17) is 16.3 Å². The van der Waals surface area contributed by atoms with Gasteiger partial charge < -0.3 is 10.1 Å². The molecule has 0 saturated heterocycles. The fraction of sp³-hybridized carbons (Fsp3) is 0.391. The average molecular weight is 522 g/mol. The molecule has 1 atom stereocenters. The van der Waals surface area contributed by atoms with Gasteiger partial charge in [0.05, 0.1) is 23.0 Å². The third-order valence-corrected chi connectivity index (χ3v) is 5.94. The minimum atomic E-state index is -2.82. The van der Waals surface area contributed by atoms with Crippen molar-refractivity contribution in [2.45, 2.75) is 45.6 Å². The van der Waals surface area contributed by atoms with Crippen LogP contribution in [-0.4, -0.2) is 50.7 Å². The molecule has 0 aromatic carbocycles. The lowest BCUT2D eigenvalue weighted by Crippen LogP contribution is -2.51. The van der Waals surface area contributed by atoms with Crippen LogP contribution in [0.25, 0.3) is 11.4 Å². The first kappa shape index (κ1) is 26.9. The number of allylic oxidation sites excluding steroid dienone is 1. The van der Waals surface area contributed by atoms with E-state index in [9.17, 15) is 18.4 Å². The first-order valence-corrected chi connectivity index (χ1v) is 11.3. The average Bonchev–Trinajstić information content (AvgIpc) is 3.15. The fourth-order valence-electron chi connectivity index (χ4n) is 3.80. The molecule has 0 aliphatic heterocycles. The maximum Gasteiger partial charge on any atom is 0.413 e. The summed E-state index contributed by atoms with van der Waals surface area (Å²) in [7, 11) is 1.57. The Balaban J connectivity index is 1.70. The Morgan fingerprint density at radius 3 is 2.58 bits per heavy atom. The first-order valence-electron chi connectivity index (χ1n) is 10.9. The number of carbonyl (C=O) groups excluding carboxylic acids is 2. The van der Waals surface area contributed by atoms with Gasteiger partial charge in [0.1, 0.15) is 11.3 Å². The molecular weight excluding hydrogens is 496 g/mol. The Morgan fingerprint density at radius 1 is 1.33 bits per heavy atom. The van der Waals surface area contributed by atoms with Crippen LogP contribution < -0.4 is 10.6 Å². The van der Waals surface area contributed by atoms with Crippen LogP contribution in [0.4, 0.5) is 25.1 Å². The SMILES string of the molecule is C=N/C(Cl)=C(\C=C/C)[C@@H](C)OC(=O)Nc1c(-c2ccc(NC(=O)C3(C)CC(F)(F)C3)cn2)nnn1C. The zero-order chi connectivity index (χ0) is 26.7. The second-order valence-corrected chi connectivity index (χ2v) is 9.00. The Labute approximate surface area is 211 Å². The lowest BCUT2D eigenvalue weighted by Gasteiger charge is -2.43. The molecule has 3 rings (SSSR count). The van der Waals surface area contributed by atoms with Gasteiger partial charge in [-0.15, -0.1) is 5.10 Å². The van der Waals surface area contributed by atoms with Crippen molar-refractivity contribution >= 4 is 41.8 Å². The molecule has 0 spiro atoms. The summed E-state index contributed by atoms with van der Waals surface area (Å²) >= 11 is 6.05. The van der Waals surface area contributed by atoms with Crippen molar-refractivity contribution in [3.05, 3.63) is 41.2 Å². The van der Waals surface area contributed by atoms with Crippen molar-refractivity contribution in [2.75, 3.05) is 10.6 Å². The van der Waals surface area contributed by atoms with Crippen LogP contribution in [-0.2, 0) is 16.6 Å². The highest BCUT2D eigenvalue weighted by Gasteiger charge is 2.57. The van der Waals surface area contributed by atoms with E-state index in [0.717, 1.165) is 0 Å². The molecule has 192 valence electrons. The number of alkyl halides is 2. The number of amides is 2. The van der Waals surface area contributed by atoms with E-state index in [1.54, 1.807) is 45.2 Å². The second kappa shape index (κ2) is 10.5. The molecular formula is C23H26ClF2N7O3. The van der Waals surface area contributed by atoms with Gasteiger partial charge in [0.2, 0.25) is 11.8 Å². The number of carbonyl (C=O) groups is 2. The third kappa shape index (κ3) is 5.93. The number of nitrogens with zero attached hydrogens (tertiary/aromatic N) is 5. The van der Waals surface area contributed by atoms with Crippen LogP contribution in [0.1, 0.15) is 33.6 Å².